The number of thiophene rings is 1. The van der Waals surface area contributed by atoms with Crippen molar-refractivity contribution < 1.29 is 14.3 Å². The van der Waals surface area contributed by atoms with Crippen LogP contribution in [0.5, 0.6) is 0 Å². The molecule has 4 N–H and O–H groups in total. The highest BCUT2D eigenvalue weighted by molar-refractivity contribution is 7.20. The molecule has 4 aromatic rings. The third-order valence-electron chi connectivity index (χ3n) is 4.02. The lowest BCUT2D eigenvalue weighted by atomic mass is 10.0. The highest BCUT2D eigenvalue weighted by Gasteiger charge is 2.21. The molecule has 0 unspecified atom stereocenters. The van der Waals surface area contributed by atoms with Gasteiger partial charge in [0.15, 0.2) is 0 Å². The Balaban J connectivity index is 0.000000755. The maximum atomic E-state index is 8.36. The number of rotatable bonds is 5. The van der Waals surface area contributed by atoms with Gasteiger partial charge in [0.1, 0.15) is 11.6 Å². The molecular weight excluding hydrogens is 412 g/mol. The van der Waals surface area contributed by atoms with E-state index in [1.54, 1.807) is 17.6 Å². The van der Waals surface area contributed by atoms with Gasteiger partial charge in [-0.2, -0.15) is 4.98 Å². The summed E-state index contributed by atoms with van der Waals surface area (Å²) in [7, 11) is 0. The van der Waals surface area contributed by atoms with Crippen molar-refractivity contribution in [3.05, 3.63) is 64.6 Å². The summed E-state index contributed by atoms with van der Waals surface area (Å²) in [5.74, 6) is 1.51. The molecule has 0 aliphatic carbocycles. The van der Waals surface area contributed by atoms with Gasteiger partial charge in [-0.05, 0) is 36.2 Å². The molecule has 0 radical (unpaired) electrons. The van der Waals surface area contributed by atoms with Crippen molar-refractivity contribution in [1.29, 1.82) is 0 Å². The minimum absolute atomic E-state index is 0.124. The first-order valence-electron chi connectivity index (χ1n) is 8.70. The Labute approximate surface area is 176 Å². The zero-order chi connectivity index (χ0) is 20.8. The van der Waals surface area contributed by atoms with Gasteiger partial charge in [0, 0.05) is 16.5 Å². The molecule has 3 aromatic heterocycles. The van der Waals surface area contributed by atoms with E-state index in [0.717, 1.165) is 32.0 Å². The molecule has 0 saturated heterocycles. The summed E-state index contributed by atoms with van der Waals surface area (Å²) in [6, 6.07) is 13.7. The van der Waals surface area contributed by atoms with Crippen molar-refractivity contribution in [2.24, 2.45) is 5.73 Å². The molecule has 9 heteroatoms. The Morgan fingerprint density at radius 2 is 2.00 bits per heavy atom. The van der Waals surface area contributed by atoms with E-state index in [2.05, 4.69) is 27.4 Å². The number of furan rings is 1. The molecule has 0 aliphatic rings. The second-order valence-corrected chi connectivity index (χ2v) is 7.44. The number of anilines is 1. The van der Waals surface area contributed by atoms with Crippen LogP contribution in [0.3, 0.4) is 0 Å². The summed E-state index contributed by atoms with van der Waals surface area (Å²) >= 11 is 7.82. The molecule has 0 fully saturated rings. The second-order valence-electron chi connectivity index (χ2n) is 6.05. The first-order chi connectivity index (χ1) is 14.0. The zero-order valence-corrected chi connectivity index (χ0v) is 17.1. The summed E-state index contributed by atoms with van der Waals surface area (Å²) in [5, 5.41) is 10.4. The monoisotopic (exact) mass is 430 g/mol. The maximum Gasteiger partial charge on any atom is 0.290 e. The minimum atomic E-state index is -0.250. The van der Waals surface area contributed by atoms with Crippen molar-refractivity contribution in [2.75, 3.05) is 5.32 Å². The van der Waals surface area contributed by atoms with E-state index in [1.807, 2.05) is 37.3 Å². The summed E-state index contributed by atoms with van der Waals surface area (Å²) < 4.78 is 6.32. The lowest BCUT2D eigenvalue weighted by Gasteiger charge is -2.08. The number of hydrogen-bond acceptors (Lipinski definition) is 7. The van der Waals surface area contributed by atoms with Gasteiger partial charge in [-0.25, -0.2) is 4.98 Å². The lowest BCUT2D eigenvalue weighted by Crippen LogP contribution is -2.04. The molecule has 3 heterocycles. The first kappa shape index (κ1) is 20.8. The number of benzene rings is 1. The largest absolute Gasteiger partial charge is 0.483 e. The third-order valence-corrected chi connectivity index (χ3v) is 5.58. The molecule has 0 saturated carbocycles. The molecule has 150 valence electrons. The van der Waals surface area contributed by atoms with Crippen LogP contribution in [0.15, 0.2) is 53.1 Å². The second kappa shape index (κ2) is 9.51. The van der Waals surface area contributed by atoms with Gasteiger partial charge in [-0.1, -0.05) is 30.3 Å². The summed E-state index contributed by atoms with van der Waals surface area (Å²) in [5.41, 5.74) is 9.15. The average Bonchev–Trinajstić information content (AvgIpc) is 3.35. The zero-order valence-electron chi connectivity index (χ0n) is 15.5. The topological polar surface area (TPSA) is 114 Å². The number of aromatic nitrogens is 2. The minimum Gasteiger partial charge on any atom is -0.483 e. The number of nitrogens with two attached hydrogens (primary N) is 1. The number of halogens is 1. The standard InChI is InChI=1S/C19H17ClN4OS.CH2O2/c1-11(21)16-14(12-6-3-2-4-7-12)15-17(26-16)18(24-19(20)23-15)22-10-13-8-5-9-25-13;2-1-3/h2-9,11H,10,21H2,1H3,(H,22,23,24);1H,(H,2,3)/t11-;/m0./s1. The molecule has 7 nitrogen and oxygen atoms in total. The Morgan fingerprint density at radius 1 is 1.28 bits per heavy atom. The van der Waals surface area contributed by atoms with Crippen LogP contribution in [0, 0.1) is 0 Å². The van der Waals surface area contributed by atoms with E-state index in [1.165, 1.54) is 0 Å². The number of nitrogens with zero attached hydrogens (tertiary/aromatic N) is 2. The van der Waals surface area contributed by atoms with Crippen LogP contribution in [0.4, 0.5) is 5.82 Å². The van der Waals surface area contributed by atoms with Gasteiger partial charge in [0.2, 0.25) is 5.28 Å². The van der Waals surface area contributed by atoms with Crippen molar-refractivity contribution in [1.82, 2.24) is 9.97 Å². The fraction of sp³-hybridized carbons (Fsp3) is 0.150. The average molecular weight is 431 g/mol. The first-order valence-corrected chi connectivity index (χ1v) is 9.89. The molecular formula is C20H19ClN4O3S. The molecule has 0 amide bonds. The SMILES string of the molecule is C[C@H](N)c1sc2c(NCc3ccco3)nc(Cl)nc2c1-c1ccccc1.O=CO. The number of carbonyl (C=O) groups is 1. The lowest BCUT2D eigenvalue weighted by molar-refractivity contribution is -0.122. The van der Waals surface area contributed by atoms with E-state index in [0.29, 0.717) is 12.4 Å². The molecule has 4 rings (SSSR count). The van der Waals surface area contributed by atoms with Gasteiger partial charge in [-0.15, -0.1) is 11.3 Å². The van der Waals surface area contributed by atoms with Gasteiger partial charge in [0.25, 0.3) is 6.47 Å². The van der Waals surface area contributed by atoms with Crippen LogP contribution in [0.2, 0.25) is 5.28 Å². The normalized spacial score (nSPS) is 11.6. The Bertz CT molecular complexity index is 1080. The molecule has 1 aromatic carbocycles. The predicted molar refractivity (Wildman–Crippen MR) is 115 cm³/mol. The summed E-state index contributed by atoms with van der Waals surface area (Å²) in [4.78, 5) is 18.3. The number of fused-ring (bicyclic) bond motifs is 1. The van der Waals surface area contributed by atoms with Crippen LogP contribution in [0.1, 0.15) is 23.6 Å². The van der Waals surface area contributed by atoms with Gasteiger partial charge in [0.05, 0.1) is 23.0 Å². The van der Waals surface area contributed by atoms with Crippen LogP contribution in [-0.4, -0.2) is 21.5 Å². The quantitative estimate of drug-likeness (QED) is 0.303. The number of carboxylic acid groups (broad SMARTS) is 1. The Kier molecular flexibility index (Phi) is 6.82. The van der Waals surface area contributed by atoms with Crippen molar-refractivity contribution in [3.8, 4) is 11.1 Å². The van der Waals surface area contributed by atoms with Crippen molar-refractivity contribution in [2.45, 2.75) is 19.5 Å². The highest BCUT2D eigenvalue weighted by Crippen LogP contribution is 2.43. The molecule has 0 aliphatic heterocycles. The van der Waals surface area contributed by atoms with E-state index >= 15 is 0 Å². The van der Waals surface area contributed by atoms with Crippen LogP contribution in [-0.2, 0) is 11.3 Å². The van der Waals surface area contributed by atoms with Crippen LogP contribution in [0.25, 0.3) is 21.3 Å². The van der Waals surface area contributed by atoms with Gasteiger partial charge in [-0.3, -0.25) is 4.79 Å². The van der Waals surface area contributed by atoms with Crippen molar-refractivity contribution >= 4 is 45.4 Å². The molecule has 0 bridgehead atoms. The Hall–Kier alpha value is -2.94. The summed E-state index contributed by atoms with van der Waals surface area (Å²) in [6.45, 7) is 2.24. The fourth-order valence-electron chi connectivity index (χ4n) is 2.88. The molecule has 29 heavy (non-hydrogen) atoms. The van der Waals surface area contributed by atoms with E-state index in [4.69, 9.17) is 31.7 Å². The smallest absolute Gasteiger partial charge is 0.290 e. The summed E-state index contributed by atoms with van der Waals surface area (Å²) in [6.07, 6.45) is 1.65. The fourth-order valence-corrected chi connectivity index (χ4v) is 4.23. The van der Waals surface area contributed by atoms with E-state index in [9.17, 15) is 0 Å². The highest BCUT2D eigenvalue weighted by atomic mass is 35.5. The van der Waals surface area contributed by atoms with Crippen molar-refractivity contribution in [3.63, 3.8) is 0 Å². The predicted octanol–water partition coefficient (Wildman–Crippen LogP) is 4.94. The van der Waals surface area contributed by atoms with Gasteiger partial charge >= 0.3 is 0 Å². The van der Waals surface area contributed by atoms with E-state index in [-0.39, 0.29) is 17.8 Å². The number of nitrogens with one attached hydrogen (secondary N) is 1. The third kappa shape index (κ3) is 4.73. The van der Waals surface area contributed by atoms with E-state index < -0.39 is 0 Å². The molecule has 1 atom stereocenters. The Morgan fingerprint density at radius 3 is 2.62 bits per heavy atom. The number of hydrogen-bond donors (Lipinski definition) is 3. The molecule has 0 spiro atoms. The van der Waals surface area contributed by atoms with Crippen LogP contribution >= 0.6 is 22.9 Å². The van der Waals surface area contributed by atoms with Crippen LogP contribution < -0.4 is 11.1 Å². The maximum absolute atomic E-state index is 8.36. The van der Waals surface area contributed by atoms with Gasteiger partial charge < -0.3 is 20.6 Å².